The second-order valence-electron chi connectivity index (χ2n) is 7.19. The molecule has 0 bridgehead atoms. The van der Waals surface area contributed by atoms with Crippen molar-refractivity contribution < 1.29 is 9.59 Å². The van der Waals surface area contributed by atoms with E-state index in [9.17, 15) is 9.59 Å². The van der Waals surface area contributed by atoms with Gasteiger partial charge in [0.15, 0.2) is 0 Å². The van der Waals surface area contributed by atoms with Crippen molar-refractivity contribution in [3.63, 3.8) is 0 Å². The van der Waals surface area contributed by atoms with E-state index in [0.717, 1.165) is 16.8 Å². The van der Waals surface area contributed by atoms with Gasteiger partial charge in [0.2, 0.25) is 5.91 Å². The van der Waals surface area contributed by atoms with Crippen molar-refractivity contribution in [3.05, 3.63) is 35.2 Å². The van der Waals surface area contributed by atoms with Crippen molar-refractivity contribution in [3.8, 4) is 6.07 Å². The highest BCUT2D eigenvalue weighted by molar-refractivity contribution is 6.23. The number of hydrogen-bond donors (Lipinski definition) is 1. The Balaban J connectivity index is 2.00. The van der Waals surface area contributed by atoms with Gasteiger partial charge >= 0.3 is 0 Å². The molecule has 1 aromatic rings. The van der Waals surface area contributed by atoms with E-state index < -0.39 is 11.5 Å². The van der Waals surface area contributed by atoms with Gasteiger partial charge in [-0.25, -0.2) is 0 Å². The van der Waals surface area contributed by atoms with Crippen LogP contribution in [0.25, 0.3) is 5.57 Å². The number of hydrogen-bond acceptors (Lipinski definition) is 4. The van der Waals surface area contributed by atoms with E-state index in [1.807, 2.05) is 39.0 Å². The van der Waals surface area contributed by atoms with Crippen LogP contribution in [0.2, 0.25) is 0 Å². The van der Waals surface area contributed by atoms with Gasteiger partial charge in [-0.05, 0) is 17.0 Å². The van der Waals surface area contributed by atoms with Gasteiger partial charge < -0.3 is 10.2 Å². The van der Waals surface area contributed by atoms with Crippen molar-refractivity contribution in [2.24, 2.45) is 5.41 Å². The Bertz CT molecular complexity index is 783. The third-order valence-corrected chi connectivity index (χ3v) is 4.44. The van der Waals surface area contributed by atoms with Gasteiger partial charge in [-0.2, -0.15) is 5.26 Å². The third kappa shape index (κ3) is 2.56. The Morgan fingerprint density at radius 3 is 2.92 bits per heavy atom. The van der Waals surface area contributed by atoms with Gasteiger partial charge in [-0.1, -0.05) is 26.8 Å². The van der Waals surface area contributed by atoms with Crippen molar-refractivity contribution in [2.75, 3.05) is 6.54 Å². The zero-order chi connectivity index (χ0) is 17.5. The average Bonchev–Trinajstić information content (AvgIpc) is 2.94. The molecule has 124 valence electrons. The molecule has 6 heteroatoms. The molecule has 1 aliphatic heterocycles. The number of nitriles is 1. The smallest absolute Gasteiger partial charge is 0.255 e. The van der Waals surface area contributed by atoms with Crippen LogP contribution >= 0.6 is 0 Å². The van der Waals surface area contributed by atoms with E-state index in [4.69, 9.17) is 5.26 Å². The lowest BCUT2D eigenvalue weighted by Crippen LogP contribution is -2.56. The first-order chi connectivity index (χ1) is 11.3. The number of rotatable bonds is 3. The Labute approximate surface area is 141 Å². The lowest BCUT2D eigenvalue weighted by Gasteiger charge is -2.41. The van der Waals surface area contributed by atoms with E-state index in [1.165, 1.54) is 0 Å². The van der Waals surface area contributed by atoms with Gasteiger partial charge in [0, 0.05) is 30.3 Å². The van der Waals surface area contributed by atoms with Crippen LogP contribution in [0.1, 0.15) is 37.6 Å². The highest BCUT2D eigenvalue weighted by Gasteiger charge is 2.43. The summed E-state index contributed by atoms with van der Waals surface area (Å²) in [4.78, 5) is 31.6. The maximum atomic E-state index is 13.0. The SMILES string of the molecule is CC(C)(C)[C@H](C(=O)NCC#N)N1Cc2ccnc3c2C(=CC3)C1=O. The number of aromatic nitrogens is 1. The number of carbonyl (C=O) groups is 2. The minimum atomic E-state index is -0.649. The minimum absolute atomic E-state index is 0.0687. The summed E-state index contributed by atoms with van der Waals surface area (Å²) in [5, 5.41) is 11.3. The Hall–Kier alpha value is -2.68. The quantitative estimate of drug-likeness (QED) is 0.852. The van der Waals surface area contributed by atoms with Crippen LogP contribution in [0.15, 0.2) is 18.3 Å². The van der Waals surface area contributed by atoms with Crippen molar-refractivity contribution in [1.29, 1.82) is 5.26 Å². The number of allylic oxidation sites excluding steroid dienone is 1. The first-order valence-corrected chi connectivity index (χ1v) is 7.97. The molecule has 6 nitrogen and oxygen atoms in total. The van der Waals surface area contributed by atoms with Crippen molar-refractivity contribution in [2.45, 2.75) is 39.8 Å². The van der Waals surface area contributed by atoms with E-state index in [-0.39, 0.29) is 18.4 Å². The summed E-state index contributed by atoms with van der Waals surface area (Å²) in [6.45, 7) is 6.08. The lowest BCUT2D eigenvalue weighted by atomic mass is 9.83. The molecule has 24 heavy (non-hydrogen) atoms. The van der Waals surface area contributed by atoms with Crippen LogP contribution in [0.4, 0.5) is 0 Å². The highest BCUT2D eigenvalue weighted by atomic mass is 16.2. The summed E-state index contributed by atoms with van der Waals surface area (Å²) >= 11 is 0. The molecule has 1 aliphatic carbocycles. The molecule has 1 aromatic heterocycles. The number of amides is 2. The lowest BCUT2D eigenvalue weighted by molar-refractivity contribution is -0.141. The van der Waals surface area contributed by atoms with E-state index in [1.54, 1.807) is 11.1 Å². The molecule has 2 heterocycles. The second kappa shape index (κ2) is 5.75. The Morgan fingerprint density at radius 1 is 1.50 bits per heavy atom. The summed E-state index contributed by atoms with van der Waals surface area (Å²) in [6.07, 6.45) is 4.29. The van der Waals surface area contributed by atoms with Crippen LogP contribution in [0, 0.1) is 16.7 Å². The number of nitrogens with zero attached hydrogens (tertiary/aromatic N) is 3. The van der Waals surface area contributed by atoms with Gasteiger partial charge in [-0.3, -0.25) is 14.6 Å². The monoisotopic (exact) mass is 324 g/mol. The van der Waals surface area contributed by atoms with Crippen LogP contribution in [-0.2, 0) is 22.6 Å². The molecule has 0 fully saturated rings. The predicted molar refractivity (Wildman–Crippen MR) is 88.3 cm³/mol. The number of nitrogens with one attached hydrogen (secondary N) is 1. The zero-order valence-electron chi connectivity index (χ0n) is 14.1. The molecule has 3 rings (SSSR count). The van der Waals surface area contributed by atoms with Crippen molar-refractivity contribution >= 4 is 17.4 Å². The molecule has 0 aromatic carbocycles. The Kier molecular flexibility index (Phi) is 3.88. The fourth-order valence-corrected chi connectivity index (χ4v) is 3.50. The molecule has 0 saturated carbocycles. The van der Waals surface area contributed by atoms with Crippen LogP contribution < -0.4 is 5.32 Å². The van der Waals surface area contributed by atoms with Gasteiger partial charge in [0.05, 0.1) is 11.8 Å². The topological polar surface area (TPSA) is 86.1 Å². The van der Waals surface area contributed by atoms with E-state index >= 15 is 0 Å². The molecule has 2 aliphatic rings. The maximum Gasteiger partial charge on any atom is 0.255 e. The van der Waals surface area contributed by atoms with Gasteiger partial charge in [-0.15, -0.1) is 0 Å². The number of pyridine rings is 1. The van der Waals surface area contributed by atoms with Gasteiger partial charge in [0.25, 0.3) is 5.91 Å². The summed E-state index contributed by atoms with van der Waals surface area (Å²) in [5.74, 6) is -0.435. The molecule has 1 atom stereocenters. The zero-order valence-corrected chi connectivity index (χ0v) is 14.1. The largest absolute Gasteiger partial charge is 0.341 e. The Morgan fingerprint density at radius 2 is 2.25 bits per heavy atom. The minimum Gasteiger partial charge on any atom is -0.341 e. The van der Waals surface area contributed by atoms with E-state index in [2.05, 4.69) is 10.3 Å². The predicted octanol–water partition coefficient (Wildman–Crippen LogP) is 1.42. The molecule has 2 amide bonds. The average molecular weight is 324 g/mol. The van der Waals surface area contributed by atoms with Crippen molar-refractivity contribution in [1.82, 2.24) is 15.2 Å². The number of carbonyl (C=O) groups excluding carboxylic acids is 2. The third-order valence-electron chi connectivity index (χ3n) is 4.44. The van der Waals surface area contributed by atoms with E-state index in [0.29, 0.717) is 18.5 Å². The first-order valence-electron chi connectivity index (χ1n) is 7.97. The molecule has 1 N–H and O–H groups in total. The molecule has 0 saturated heterocycles. The maximum absolute atomic E-state index is 13.0. The molecule has 0 radical (unpaired) electrons. The molecular weight excluding hydrogens is 304 g/mol. The van der Waals surface area contributed by atoms with Crippen LogP contribution in [0.3, 0.4) is 0 Å². The standard InChI is InChI=1S/C18H20N4O2/c1-18(2,3)15(16(23)21-9-7-19)22-10-11-6-8-20-13-5-4-12(14(11)13)17(22)24/h4,6,8,15H,5,9-10H2,1-3H3,(H,21,23)/t15-/m0/s1. The molecular formula is C18H20N4O2. The summed E-state index contributed by atoms with van der Waals surface area (Å²) in [5.41, 5.74) is 3.06. The second-order valence-corrected chi connectivity index (χ2v) is 7.19. The summed E-state index contributed by atoms with van der Waals surface area (Å²) in [7, 11) is 0. The summed E-state index contributed by atoms with van der Waals surface area (Å²) < 4.78 is 0. The summed E-state index contributed by atoms with van der Waals surface area (Å²) in [6, 6.07) is 3.17. The fraction of sp³-hybridized carbons (Fsp3) is 0.444. The molecule has 0 unspecified atom stereocenters. The van der Waals surface area contributed by atoms with Gasteiger partial charge in [0.1, 0.15) is 12.6 Å². The van der Waals surface area contributed by atoms with Crippen LogP contribution in [-0.4, -0.2) is 34.3 Å². The fourth-order valence-electron chi connectivity index (χ4n) is 3.50. The highest BCUT2D eigenvalue weighted by Crippen LogP contribution is 2.38. The molecule has 0 spiro atoms. The normalized spacial score (nSPS) is 17.0. The first kappa shape index (κ1) is 16.2. The van der Waals surface area contributed by atoms with Crippen LogP contribution in [0.5, 0.6) is 0 Å².